The second-order valence-electron chi connectivity index (χ2n) is 6.81. The summed E-state index contributed by atoms with van der Waals surface area (Å²) >= 11 is 0. The lowest BCUT2D eigenvalue weighted by atomic mass is 9.80. The van der Waals surface area contributed by atoms with E-state index in [9.17, 15) is 5.26 Å². The van der Waals surface area contributed by atoms with E-state index in [1.807, 2.05) is 0 Å². The highest BCUT2D eigenvalue weighted by Crippen LogP contribution is 2.43. The van der Waals surface area contributed by atoms with E-state index >= 15 is 0 Å². The number of nitriles is 1. The third-order valence-electron chi connectivity index (χ3n) is 4.98. The van der Waals surface area contributed by atoms with E-state index in [4.69, 9.17) is 0 Å². The first-order chi connectivity index (χ1) is 10.7. The van der Waals surface area contributed by atoms with Crippen LogP contribution < -0.4 is 0 Å². The standard InChI is InChI=1S/C19H25N3/c1-21(2)12-7-13-22-14-17(16-8-3-4-9-18(16)22)19(15-20)10-5-6-11-19/h3-4,8-9,14H,5-7,10-13H2,1-2H3. The highest BCUT2D eigenvalue weighted by Gasteiger charge is 2.38. The number of hydrogen-bond acceptors (Lipinski definition) is 2. The second-order valence-corrected chi connectivity index (χ2v) is 6.81. The summed E-state index contributed by atoms with van der Waals surface area (Å²) in [5, 5.41) is 11.1. The molecule has 0 spiro atoms. The lowest BCUT2D eigenvalue weighted by molar-refractivity contribution is 0.387. The van der Waals surface area contributed by atoms with Crippen LogP contribution in [0.1, 0.15) is 37.7 Å². The van der Waals surface area contributed by atoms with Gasteiger partial charge < -0.3 is 9.47 Å². The number of aryl methyl sites for hydroxylation is 1. The Labute approximate surface area is 133 Å². The highest BCUT2D eigenvalue weighted by atomic mass is 15.1. The van der Waals surface area contributed by atoms with Gasteiger partial charge in [-0.3, -0.25) is 0 Å². The van der Waals surface area contributed by atoms with E-state index < -0.39 is 0 Å². The van der Waals surface area contributed by atoms with Crippen LogP contribution in [0.15, 0.2) is 30.5 Å². The molecule has 0 N–H and O–H groups in total. The molecule has 0 unspecified atom stereocenters. The van der Waals surface area contributed by atoms with Gasteiger partial charge in [-0.25, -0.2) is 0 Å². The molecule has 22 heavy (non-hydrogen) atoms. The summed E-state index contributed by atoms with van der Waals surface area (Å²) in [5.41, 5.74) is 2.28. The number of hydrogen-bond donors (Lipinski definition) is 0. The predicted octanol–water partition coefficient (Wildman–Crippen LogP) is 3.93. The highest BCUT2D eigenvalue weighted by molar-refractivity contribution is 5.85. The molecule has 1 aromatic carbocycles. The first-order valence-corrected chi connectivity index (χ1v) is 8.31. The molecule has 0 amide bonds. The lowest BCUT2D eigenvalue weighted by Crippen LogP contribution is -2.19. The normalized spacial score (nSPS) is 17.2. The average molecular weight is 295 g/mol. The third-order valence-corrected chi connectivity index (χ3v) is 4.98. The van der Waals surface area contributed by atoms with Gasteiger partial charge in [0.2, 0.25) is 0 Å². The molecule has 1 aliphatic rings. The summed E-state index contributed by atoms with van der Waals surface area (Å²) in [6.07, 6.45) is 7.76. The molecule has 0 saturated heterocycles. The Kier molecular flexibility index (Phi) is 4.22. The zero-order chi connectivity index (χ0) is 15.6. The van der Waals surface area contributed by atoms with Gasteiger partial charge in [0.05, 0.1) is 11.5 Å². The smallest absolute Gasteiger partial charge is 0.0843 e. The third kappa shape index (κ3) is 2.64. The summed E-state index contributed by atoms with van der Waals surface area (Å²) in [7, 11) is 4.23. The number of aromatic nitrogens is 1. The van der Waals surface area contributed by atoms with E-state index in [0.717, 1.165) is 32.4 Å². The molecule has 1 saturated carbocycles. The summed E-state index contributed by atoms with van der Waals surface area (Å²) in [5.74, 6) is 0. The van der Waals surface area contributed by atoms with Gasteiger partial charge in [0.15, 0.2) is 0 Å². The molecular formula is C19H25N3. The van der Waals surface area contributed by atoms with Crippen molar-refractivity contribution in [2.75, 3.05) is 20.6 Å². The van der Waals surface area contributed by atoms with Crippen LogP contribution >= 0.6 is 0 Å². The first kappa shape index (κ1) is 15.1. The lowest BCUT2D eigenvalue weighted by Gasteiger charge is -2.19. The van der Waals surface area contributed by atoms with Gasteiger partial charge >= 0.3 is 0 Å². The van der Waals surface area contributed by atoms with E-state index in [2.05, 4.69) is 60.1 Å². The Hall–Kier alpha value is -1.79. The Bertz CT molecular complexity index is 684. The fourth-order valence-corrected chi connectivity index (χ4v) is 3.79. The number of para-hydroxylation sites is 1. The van der Waals surface area contributed by atoms with Crippen molar-refractivity contribution in [1.82, 2.24) is 9.47 Å². The Balaban J connectivity index is 1.99. The van der Waals surface area contributed by atoms with Crippen molar-refractivity contribution in [3.8, 4) is 6.07 Å². The van der Waals surface area contributed by atoms with E-state index in [1.165, 1.54) is 29.3 Å². The van der Waals surface area contributed by atoms with Crippen LogP contribution in [0, 0.1) is 11.3 Å². The molecule has 2 aromatic rings. The molecule has 0 aliphatic heterocycles. The Morgan fingerprint density at radius 1 is 1.23 bits per heavy atom. The van der Waals surface area contributed by atoms with Crippen molar-refractivity contribution >= 4 is 10.9 Å². The van der Waals surface area contributed by atoms with Crippen LogP contribution in [0.2, 0.25) is 0 Å². The predicted molar refractivity (Wildman–Crippen MR) is 90.9 cm³/mol. The van der Waals surface area contributed by atoms with Gasteiger partial charge in [-0.2, -0.15) is 5.26 Å². The molecule has 0 atom stereocenters. The fraction of sp³-hybridized carbons (Fsp3) is 0.526. The molecule has 0 radical (unpaired) electrons. The maximum absolute atomic E-state index is 9.82. The number of fused-ring (bicyclic) bond motifs is 1. The molecule has 3 nitrogen and oxygen atoms in total. The van der Waals surface area contributed by atoms with Crippen molar-refractivity contribution in [3.05, 3.63) is 36.0 Å². The topological polar surface area (TPSA) is 32.0 Å². The van der Waals surface area contributed by atoms with E-state index in [1.54, 1.807) is 0 Å². The van der Waals surface area contributed by atoms with Crippen molar-refractivity contribution in [3.63, 3.8) is 0 Å². The zero-order valence-electron chi connectivity index (χ0n) is 13.7. The summed E-state index contributed by atoms with van der Waals surface area (Å²) in [6, 6.07) is 11.2. The van der Waals surface area contributed by atoms with Gasteiger partial charge in [0, 0.05) is 23.6 Å². The SMILES string of the molecule is CN(C)CCCn1cc(C2(C#N)CCCC2)c2ccccc21. The minimum atomic E-state index is -0.258. The van der Waals surface area contributed by atoms with E-state index in [0.29, 0.717) is 0 Å². The van der Waals surface area contributed by atoms with Crippen LogP contribution in [0.5, 0.6) is 0 Å². The molecule has 1 aromatic heterocycles. The van der Waals surface area contributed by atoms with Crippen LogP contribution in [0.25, 0.3) is 10.9 Å². The minimum absolute atomic E-state index is 0.258. The van der Waals surface area contributed by atoms with Crippen LogP contribution in [-0.2, 0) is 12.0 Å². The average Bonchev–Trinajstić information content (AvgIpc) is 3.13. The van der Waals surface area contributed by atoms with Gasteiger partial charge in [-0.05, 0) is 51.5 Å². The van der Waals surface area contributed by atoms with Crippen LogP contribution in [0.4, 0.5) is 0 Å². The quantitative estimate of drug-likeness (QED) is 0.837. The monoisotopic (exact) mass is 295 g/mol. The first-order valence-electron chi connectivity index (χ1n) is 8.31. The summed E-state index contributed by atoms with van der Waals surface area (Å²) in [4.78, 5) is 2.22. The molecule has 3 heteroatoms. The zero-order valence-corrected chi connectivity index (χ0v) is 13.7. The minimum Gasteiger partial charge on any atom is -0.347 e. The number of benzene rings is 1. The molecule has 1 aliphatic carbocycles. The van der Waals surface area contributed by atoms with Crippen molar-refractivity contribution in [2.24, 2.45) is 0 Å². The molecular weight excluding hydrogens is 270 g/mol. The maximum atomic E-state index is 9.82. The molecule has 0 bridgehead atoms. The fourth-order valence-electron chi connectivity index (χ4n) is 3.79. The maximum Gasteiger partial charge on any atom is 0.0843 e. The molecule has 1 fully saturated rings. The van der Waals surface area contributed by atoms with Crippen molar-refractivity contribution in [2.45, 2.75) is 44.1 Å². The van der Waals surface area contributed by atoms with Gasteiger partial charge in [0.25, 0.3) is 0 Å². The van der Waals surface area contributed by atoms with Gasteiger partial charge in [0.1, 0.15) is 0 Å². The largest absolute Gasteiger partial charge is 0.347 e. The number of rotatable bonds is 5. The van der Waals surface area contributed by atoms with Gasteiger partial charge in [-0.15, -0.1) is 0 Å². The summed E-state index contributed by atoms with van der Waals surface area (Å²) < 4.78 is 2.35. The van der Waals surface area contributed by atoms with Crippen LogP contribution in [0.3, 0.4) is 0 Å². The molecule has 116 valence electrons. The van der Waals surface area contributed by atoms with Crippen molar-refractivity contribution < 1.29 is 0 Å². The van der Waals surface area contributed by atoms with E-state index in [-0.39, 0.29) is 5.41 Å². The van der Waals surface area contributed by atoms with Crippen LogP contribution in [-0.4, -0.2) is 30.1 Å². The second kappa shape index (κ2) is 6.14. The van der Waals surface area contributed by atoms with Gasteiger partial charge in [-0.1, -0.05) is 31.0 Å². The Morgan fingerprint density at radius 2 is 1.95 bits per heavy atom. The summed E-state index contributed by atoms with van der Waals surface area (Å²) in [6.45, 7) is 2.10. The Morgan fingerprint density at radius 3 is 2.64 bits per heavy atom. The molecule has 1 heterocycles. The molecule has 3 rings (SSSR count). The van der Waals surface area contributed by atoms with Crippen molar-refractivity contribution in [1.29, 1.82) is 5.26 Å². The number of nitrogens with zero attached hydrogens (tertiary/aromatic N) is 3.